The zero-order valence-corrected chi connectivity index (χ0v) is 40.1. The molecule has 0 saturated heterocycles. The molecule has 346 valence electrons. The van der Waals surface area contributed by atoms with Crippen LogP contribution in [0.4, 0.5) is 0 Å². The Morgan fingerprint density at radius 3 is 1.80 bits per heavy atom. The Morgan fingerprint density at radius 2 is 1.23 bits per heavy atom. The number of sulfonamides is 1. The molecule has 0 aliphatic carbocycles. The van der Waals surface area contributed by atoms with Crippen molar-refractivity contribution in [2.45, 2.75) is 24.3 Å². The third kappa shape index (κ3) is 10.4. The average Bonchev–Trinajstić information content (AvgIpc) is 3.44. The van der Waals surface area contributed by atoms with Gasteiger partial charge in [-0.25, -0.2) is 8.42 Å². The van der Waals surface area contributed by atoms with Crippen LogP contribution >= 0.6 is 33.3 Å². The Kier molecular flexibility index (Phi) is 14.0. The highest BCUT2D eigenvalue weighted by molar-refractivity contribution is 7.94. The van der Waals surface area contributed by atoms with E-state index < -0.39 is 44.1 Å². The molecule has 0 fully saturated rings. The summed E-state index contributed by atoms with van der Waals surface area (Å²) in [6.45, 7) is -0.428. The van der Waals surface area contributed by atoms with E-state index in [0.717, 1.165) is 38.2 Å². The Hall–Kier alpha value is -4.60. The van der Waals surface area contributed by atoms with E-state index >= 15 is 0 Å². The van der Waals surface area contributed by atoms with Gasteiger partial charge in [0.1, 0.15) is 23.3 Å². The van der Waals surface area contributed by atoms with Gasteiger partial charge in [-0.3, -0.25) is 9.32 Å². The molecule has 2 bridgehead atoms. The minimum absolute atomic E-state index is 0.000432. The third-order valence-electron chi connectivity index (χ3n) is 10.6. The monoisotopic (exact) mass is 994 g/mol. The van der Waals surface area contributed by atoms with Crippen molar-refractivity contribution in [3.8, 4) is 28.4 Å². The maximum atomic E-state index is 13.3. The number of ether oxygens (including phenoxy) is 4. The molecule has 0 amide bonds. The van der Waals surface area contributed by atoms with Crippen molar-refractivity contribution >= 4 is 70.9 Å². The van der Waals surface area contributed by atoms with Gasteiger partial charge in [-0.05, 0) is 88.1 Å². The summed E-state index contributed by atoms with van der Waals surface area (Å²) in [6, 6.07) is 35.4. The molecule has 16 nitrogen and oxygen atoms in total. The van der Waals surface area contributed by atoms with Crippen molar-refractivity contribution in [1.29, 1.82) is 0 Å². The van der Waals surface area contributed by atoms with E-state index in [2.05, 4.69) is 4.72 Å². The van der Waals surface area contributed by atoms with Gasteiger partial charge in [0.15, 0.2) is 0 Å². The summed E-state index contributed by atoms with van der Waals surface area (Å²) in [6.07, 6.45) is -0.0474. The molecule has 3 aliphatic rings. The molecule has 21 heteroatoms. The lowest BCUT2D eigenvalue weighted by atomic mass is 9.92. The van der Waals surface area contributed by atoms with Gasteiger partial charge in [-0.15, -0.1) is 13.5 Å². The number of esters is 1. The van der Waals surface area contributed by atoms with Crippen LogP contribution < -0.4 is 18.3 Å². The number of benzene rings is 6. The van der Waals surface area contributed by atoms with E-state index in [4.69, 9.17) is 66.4 Å². The number of aryl methyl sites for hydroxylation is 1. The fourth-order valence-corrected chi connectivity index (χ4v) is 18.8. The lowest BCUT2D eigenvalue weighted by Gasteiger charge is -2.31. The van der Waals surface area contributed by atoms with Gasteiger partial charge in [0.25, 0.3) is 0 Å². The molecule has 1 spiro atoms. The smallest absolute Gasteiger partial charge is 0.457 e. The highest BCUT2D eigenvalue weighted by atomic mass is 35.7. The zero-order valence-electron chi connectivity index (χ0n) is 35.9. The second-order valence-electron chi connectivity index (χ2n) is 15.2. The summed E-state index contributed by atoms with van der Waals surface area (Å²) in [5.74, 6) is 0.382. The maximum Gasteiger partial charge on any atom is 0.457 e. The molecule has 3 atom stereocenters. The molecule has 0 saturated carbocycles. The summed E-state index contributed by atoms with van der Waals surface area (Å²) in [4.78, 5) is 13.0. The lowest BCUT2D eigenvalue weighted by Crippen LogP contribution is -2.42. The lowest BCUT2D eigenvalue weighted by molar-refractivity contribution is -0.142. The largest absolute Gasteiger partial charge is 0.468 e. The van der Waals surface area contributed by atoms with Crippen LogP contribution in [-0.2, 0) is 49.2 Å². The first-order chi connectivity index (χ1) is 31.9. The number of carbonyl (C=O) groups is 1. The number of nitrogens with zero attached hydrogens (tertiary/aromatic N) is 3. The molecular weight excluding hydrogens is 949 g/mol. The summed E-state index contributed by atoms with van der Waals surface area (Å²) in [5, 5.41) is 3.82. The number of fused-ring (bicyclic) bond motifs is 8. The first kappa shape index (κ1) is 46.5. The van der Waals surface area contributed by atoms with Crippen molar-refractivity contribution in [1.82, 2.24) is 4.72 Å². The van der Waals surface area contributed by atoms with Crippen LogP contribution in [0.3, 0.4) is 0 Å². The van der Waals surface area contributed by atoms with Crippen LogP contribution in [0.2, 0.25) is 0 Å². The standard InChI is InChI=1S/C45H46ClN4O12P3S/c1-32-11-19-37(20-12-32)66(52,53)47-40(45(51)54-2)31-33-13-17-36(18-14-33)60-64-48-63(46,58-29-27-56-25-23-55-24-26-57-28-30-59-64)49-65(50-64)61-41-21-15-34-7-3-5-9-38(34)43(41)44-39-10-6-4-8-35(39)16-22-42(44)62-65/h3-22,40,47H,23-31H2,1-2H3/t40-,63?,64?/m0/s1. The SMILES string of the molecule is COC(=O)[C@H](Cc1ccc(OP23=NP4(=NP(Cl)(=N2)OCCOCCOCCOCCO3)Oc2ccc3ccccc3c2-c2c(ccc3ccccc23)O4)cc1)NS(=O)(=O)c1ccc(C)cc1. The number of hydrogen-bond donors (Lipinski definition) is 1. The van der Waals surface area contributed by atoms with Gasteiger partial charge in [-0.2, -0.15) is 4.72 Å². The maximum absolute atomic E-state index is 13.3. The molecule has 0 radical (unpaired) electrons. The van der Waals surface area contributed by atoms with Crippen LogP contribution in [0.5, 0.6) is 17.2 Å². The van der Waals surface area contributed by atoms with Crippen molar-refractivity contribution < 1.29 is 54.8 Å². The number of halogens is 1. The van der Waals surface area contributed by atoms with Crippen LogP contribution in [0.15, 0.2) is 140 Å². The molecule has 6 aromatic carbocycles. The van der Waals surface area contributed by atoms with E-state index in [0.29, 0.717) is 43.5 Å². The number of rotatable bonds is 8. The molecule has 0 aromatic heterocycles. The van der Waals surface area contributed by atoms with Gasteiger partial charge < -0.3 is 37.0 Å². The summed E-state index contributed by atoms with van der Waals surface area (Å²) in [5.41, 5.74) is 3.04. The Morgan fingerprint density at radius 1 is 0.682 bits per heavy atom. The van der Waals surface area contributed by atoms with Gasteiger partial charge in [0.2, 0.25) is 10.0 Å². The van der Waals surface area contributed by atoms with Crippen molar-refractivity contribution in [3.05, 3.63) is 132 Å². The molecule has 9 rings (SSSR count). The minimum atomic E-state index is -4.08. The Bertz CT molecular complexity index is 2980. The first-order valence-corrected chi connectivity index (χ1v) is 28.0. The molecule has 1 N–H and O–H groups in total. The van der Waals surface area contributed by atoms with Crippen LogP contribution in [0.1, 0.15) is 11.1 Å². The molecule has 3 heterocycles. The van der Waals surface area contributed by atoms with Crippen LogP contribution in [0.25, 0.3) is 32.7 Å². The Labute approximate surface area is 387 Å². The summed E-state index contributed by atoms with van der Waals surface area (Å²) >= 11 is 7.46. The molecule has 6 aromatic rings. The quantitative estimate of drug-likeness (QED) is 0.113. The highest BCUT2D eigenvalue weighted by Crippen LogP contribution is 2.81. The van der Waals surface area contributed by atoms with E-state index in [1.807, 2.05) is 79.7 Å². The first-order valence-electron chi connectivity index (χ1n) is 21.0. The fourth-order valence-electron chi connectivity index (χ4n) is 7.48. The zero-order chi connectivity index (χ0) is 45.8. The van der Waals surface area contributed by atoms with E-state index in [1.165, 1.54) is 19.2 Å². The highest BCUT2D eigenvalue weighted by Gasteiger charge is 2.46. The topological polar surface area (TPSA) is 183 Å². The molecular formula is C45H46ClN4O12P3S. The number of carbonyl (C=O) groups excluding carboxylic acids is 1. The second-order valence-corrected chi connectivity index (χ2v) is 24.3. The predicted molar refractivity (Wildman–Crippen MR) is 254 cm³/mol. The van der Waals surface area contributed by atoms with Crippen molar-refractivity contribution in [2.75, 3.05) is 60.0 Å². The van der Waals surface area contributed by atoms with Crippen LogP contribution in [-0.4, -0.2) is 80.4 Å². The van der Waals surface area contributed by atoms with Gasteiger partial charge >= 0.3 is 28.1 Å². The molecule has 3 aliphatic heterocycles. The fraction of sp³-hybridized carbons (Fsp3) is 0.267. The Balaban J connectivity index is 1.14. The second kappa shape index (κ2) is 19.9. The van der Waals surface area contributed by atoms with Crippen molar-refractivity contribution in [2.24, 2.45) is 13.5 Å². The summed E-state index contributed by atoms with van der Waals surface area (Å²) < 4.78 is 100. The normalized spacial score (nSPS) is 21.6. The van der Waals surface area contributed by atoms with Gasteiger partial charge in [0, 0.05) is 11.1 Å². The number of hydrogen-bond acceptors (Lipinski definition) is 15. The molecule has 2 unspecified atom stereocenters. The van der Waals surface area contributed by atoms with Crippen LogP contribution in [0, 0.1) is 6.92 Å². The predicted octanol–water partition coefficient (Wildman–Crippen LogP) is 11.1. The van der Waals surface area contributed by atoms with Crippen molar-refractivity contribution in [3.63, 3.8) is 0 Å². The number of nitrogens with one attached hydrogen (secondary N) is 1. The van der Waals surface area contributed by atoms with Gasteiger partial charge in [-0.1, -0.05) is 90.5 Å². The van der Waals surface area contributed by atoms with E-state index in [-0.39, 0.29) is 43.5 Å². The number of methoxy groups -OCH3 is 1. The average molecular weight is 995 g/mol. The van der Waals surface area contributed by atoms with Gasteiger partial charge in [0.05, 0.1) is 64.9 Å². The van der Waals surface area contributed by atoms with E-state index in [1.54, 1.807) is 36.4 Å². The molecule has 66 heavy (non-hydrogen) atoms. The summed E-state index contributed by atoms with van der Waals surface area (Å²) in [7, 11) is -10.9. The van der Waals surface area contributed by atoms with E-state index in [9.17, 15) is 13.2 Å². The minimum Gasteiger partial charge on any atom is -0.468 e. The third-order valence-corrected chi connectivity index (χ3v) is 21.3.